The van der Waals surface area contributed by atoms with Gasteiger partial charge in [0.25, 0.3) is 0 Å². The maximum atomic E-state index is 9.26. The quantitative estimate of drug-likeness (QED) is 0.927. The van der Waals surface area contributed by atoms with Crippen LogP contribution in [-0.4, -0.2) is 25.7 Å². The van der Waals surface area contributed by atoms with Gasteiger partial charge in [-0.3, -0.25) is 0 Å². The van der Waals surface area contributed by atoms with Crippen molar-refractivity contribution in [2.24, 2.45) is 0 Å². The van der Waals surface area contributed by atoms with Gasteiger partial charge in [0.2, 0.25) is 0 Å². The van der Waals surface area contributed by atoms with Crippen LogP contribution in [0.3, 0.4) is 0 Å². The van der Waals surface area contributed by atoms with Crippen LogP contribution in [0.1, 0.15) is 18.9 Å². The molecule has 20 heavy (non-hydrogen) atoms. The maximum Gasteiger partial charge on any atom is 0.0998 e. The molecule has 0 radical (unpaired) electrons. The van der Waals surface area contributed by atoms with Gasteiger partial charge < -0.3 is 10.2 Å². The average Bonchev–Trinajstić information content (AvgIpc) is 3.02. The lowest BCUT2D eigenvalue weighted by Gasteiger charge is -2.30. The second-order valence-electron chi connectivity index (χ2n) is 5.22. The summed E-state index contributed by atoms with van der Waals surface area (Å²) in [5.41, 5.74) is 2.00. The summed E-state index contributed by atoms with van der Waals surface area (Å²) in [6, 6.07) is 15.1. The first-order valence-electron chi connectivity index (χ1n) is 7.24. The van der Waals surface area contributed by atoms with E-state index in [1.165, 1.54) is 17.5 Å². The highest BCUT2D eigenvalue weighted by molar-refractivity contribution is 5.98. The summed E-state index contributed by atoms with van der Waals surface area (Å²) >= 11 is 0. The second kappa shape index (κ2) is 5.52. The molecule has 2 aromatic carbocycles. The van der Waals surface area contributed by atoms with E-state index < -0.39 is 0 Å². The highest BCUT2D eigenvalue weighted by atomic mass is 15.2. The van der Waals surface area contributed by atoms with E-state index in [1.807, 2.05) is 24.3 Å². The third-order valence-corrected chi connectivity index (χ3v) is 4.15. The van der Waals surface area contributed by atoms with Gasteiger partial charge in [-0.1, -0.05) is 24.3 Å². The van der Waals surface area contributed by atoms with Gasteiger partial charge in [-0.15, -0.1) is 0 Å². The number of hydrogen-bond acceptors (Lipinski definition) is 3. The van der Waals surface area contributed by atoms with Gasteiger partial charge >= 0.3 is 0 Å². The lowest BCUT2D eigenvalue weighted by atomic mass is 10.0. The fourth-order valence-corrected chi connectivity index (χ4v) is 3.16. The molecule has 1 aliphatic heterocycles. The number of hydrogen-bond donors (Lipinski definition) is 1. The van der Waals surface area contributed by atoms with Crippen molar-refractivity contribution in [1.29, 1.82) is 5.26 Å². The molecular weight excluding hydrogens is 246 g/mol. The molecule has 1 fully saturated rings. The third-order valence-electron chi connectivity index (χ3n) is 4.15. The SMILES string of the molecule is CCN(c1ccc(C#N)c2ccccc12)C1CCNC1. The molecule has 0 amide bonds. The van der Waals surface area contributed by atoms with Crippen molar-refractivity contribution in [2.75, 3.05) is 24.5 Å². The topological polar surface area (TPSA) is 39.1 Å². The number of benzene rings is 2. The number of nitrogens with one attached hydrogen (secondary N) is 1. The highest BCUT2D eigenvalue weighted by Crippen LogP contribution is 2.31. The van der Waals surface area contributed by atoms with Crippen molar-refractivity contribution in [1.82, 2.24) is 5.32 Å². The van der Waals surface area contributed by atoms with Gasteiger partial charge in [0.15, 0.2) is 0 Å². The first-order chi connectivity index (χ1) is 9.85. The van der Waals surface area contributed by atoms with Crippen molar-refractivity contribution in [3.63, 3.8) is 0 Å². The summed E-state index contributed by atoms with van der Waals surface area (Å²) in [6.07, 6.45) is 1.18. The van der Waals surface area contributed by atoms with Crippen LogP contribution in [0.2, 0.25) is 0 Å². The normalized spacial score (nSPS) is 18.1. The minimum absolute atomic E-state index is 0.552. The van der Waals surface area contributed by atoms with Gasteiger partial charge in [-0.25, -0.2) is 0 Å². The highest BCUT2D eigenvalue weighted by Gasteiger charge is 2.22. The van der Waals surface area contributed by atoms with Gasteiger partial charge in [0.05, 0.1) is 11.6 Å². The van der Waals surface area contributed by atoms with Gasteiger partial charge in [0.1, 0.15) is 0 Å². The summed E-state index contributed by atoms with van der Waals surface area (Å²) < 4.78 is 0. The fraction of sp³-hybridized carbons (Fsp3) is 0.353. The first-order valence-corrected chi connectivity index (χ1v) is 7.24. The predicted molar refractivity (Wildman–Crippen MR) is 83.0 cm³/mol. The number of nitrogens with zero attached hydrogens (tertiary/aromatic N) is 2. The minimum atomic E-state index is 0.552. The van der Waals surface area contributed by atoms with Crippen LogP contribution in [0.4, 0.5) is 5.69 Å². The molecule has 102 valence electrons. The number of rotatable bonds is 3. The van der Waals surface area contributed by atoms with Crippen molar-refractivity contribution >= 4 is 16.5 Å². The van der Waals surface area contributed by atoms with Crippen molar-refractivity contribution < 1.29 is 0 Å². The van der Waals surface area contributed by atoms with E-state index in [4.69, 9.17) is 0 Å². The Morgan fingerprint density at radius 1 is 1.25 bits per heavy atom. The molecule has 1 heterocycles. The molecule has 2 aromatic rings. The Balaban J connectivity index is 2.13. The Labute approximate surface area is 119 Å². The van der Waals surface area contributed by atoms with E-state index in [9.17, 15) is 5.26 Å². The lowest BCUT2D eigenvalue weighted by molar-refractivity contribution is 0.650. The summed E-state index contributed by atoms with van der Waals surface area (Å²) in [5.74, 6) is 0. The number of fused-ring (bicyclic) bond motifs is 1. The Morgan fingerprint density at radius 3 is 2.70 bits per heavy atom. The van der Waals surface area contributed by atoms with E-state index in [0.29, 0.717) is 6.04 Å². The summed E-state index contributed by atoms with van der Waals surface area (Å²) in [6.45, 7) is 5.32. The Morgan fingerprint density at radius 2 is 2.05 bits per heavy atom. The lowest BCUT2D eigenvalue weighted by Crippen LogP contribution is -2.36. The Kier molecular flexibility index (Phi) is 3.58. The van der Waals surface area contributed by atoms with Crippen LogP contribution < -0.4 is 10.2 Å². The maximum absolute atomic E-state index is 9.26. The molecule has 0 bridgehead atoms. The van der Waals surface area contributed by atoms with Crippen LogP contribution in [-0.2, 0) is 0 Å². The molecule has 0 aliphatic carbocycles. The van der Waals surface area contributed by atoms with Gasteiger partial charge in [-0.2, -0.15) is 5.26 Å². The third kappa shape index (κ3) is 2.13. The van der Waals surface area contributed by atoms with Crippen LogP contribution in [0.15, 0.2) is 36.4 Å². The van der Waals surface area contributed by atoms with Crippen LogP contribution in [0.5, 0.6) is 0 Å². The molecule has 1 saturated heterocycles. The zero-order valence-corrected chi connectivity index (χ0v) is 11.8. The monoisotopic (exact) mass is 265 g/mol. The van der Waals surface area contributed by atoms with Crippen molar-refractivity contribution in [3.8, 4) is 6.07 Å². The molecule has 0 saturated carbocycles. The minimum Gasteiger partial charge on any atom is -0.367 e. The molecule has 3 heteroatoms. The number of nitriles is 1. The standard InChI is InChI=1S/C17H19N3/c1-2-20(14-9-10-19-12-14)17-8-7-13(11-18)15-5-3-4-6-16(15)17/h3-8,14,19H,2,9-10,12H2,1H3. The largest absolute Gasteiger partial charge is 0.367 e. The molecule has 0 spiro atoms. The van der Waals surface area contributed by atoms with E-state index in [2.05, 4.69) is 35.3 Å². The van der Waals surface area contributed by atoms with E-state index in [-0.39, 0.29) is 0 Å². The molecule has 1 atom stereocenters. The molecule has 1 N–H and O–H groups in total. The fourth-order valence-electron chi connectivity index (χ4n) is 3.16. The van der Waals surface area contributed by atoms with Crippen molar-refractivity contribution in [3.05, 3.63) is 42.0 Å². The molecule has 1 unspecified atom stereocenters. The van der Waals surface area contributed by atoms with Gasteiger partial charge in [-0.05, 0) is 32.0 Å². The predicted octanol–water partition coefficient (Wildman–Crippen LogP) is 2.90. The van der Waals surface area contributed by atoms with E-state index >= 15 is 0 Å². The molecule has 3 rings (SSSR count). The zero-order valence-electron chi connectivity index (χ0n) is 11.8. The summed E-state index contributed by atoms with van der Waals surface area (Å²) in [7, 11) is 0. The Hall–Kier alpha value is -2.05. The second-order valence-corrected chi connectivity index (χ2v) is 5.22. The molecule has 0 aromatic heterocycles. The number of anilines is 1. The first kappa shape index (κ1) is 13.0. The van der Waals surface area contributed by atoms with Gasteiger partial charge in [0, 0.05) is 35.6 Å². The van der Waals surface area contributed by atoms with Crippen LogP contribution in [0, 0.1) is 11.3 Å². The summed E-state index contributed by atoms with van der Waals surface area (Å²) in [4.78, 5) is 2.46. The van der Waals surface area contributed by atoms with E-state index in [0.717, 1.165) is 30.6 Å². The van der Waals surface area contributed by atoms with Crippen molar-refractivity contribution in [2.45, 2.75) is 19.4 Å². The molecular formula is C17H19N3. The smallest absolute Gasteiger partial charge is 0.0998 e. The average molecular weight is 265 g/mol. The summed E-state index contributed by atoms with van der Waals surface area (Å²) in [5, 5.41) is 14.9. The number of likely N-dealkylation sites (N-methyl/N-ethyl adjacent to an activating group) is 1. The van der Waals surface area contributed by atoms with E-state index in [1.54, 1.807) is 0 Å². The van der Waals surface area contributed by atoms with Crippen LogP contribution in [0.25, 0.3) is 10.8 Å². The Bertz CT molecular complexity index is 651. The molecule has 3 nitrogen and oxygen atoms in total. The zero-order chi connectivity index (χ0) is 13.9. The van der Waals surface area contributed by atoms with Crippen LogP contribution >= 0.6 is 0 Å². The molecule has 1 aliphatic rings.